The molecule has 0 radical (unpaired) electrons. The first-order valence-electron chi connectivity index (χ1n) is 8.80. The zero-order chi connectivity index (χ0) is 22.7. The summed E-state index contributed by atoms with van der Waals surface area (Å²) in [6.45, 7) is 1.41. The van der Waals surface area contributed by atoms with Gasteiger partial charge in [0.1, 0.15) is 22.9 Å². The molecule has 0 atom stereocenters. The first-order chi connectivity index (χ1) is 14.7. The monoisotopic (exact) mass is 427 g/mol. The summed E-state index contributed by atoms with van der Waals surface area (Å²) in [5.41, 5.74) is -0.972. The molecule has 1 heterocycles. The van der Waals surface area contributed by atoms with Gasteiger partial charge in [-0.2, -0.15) is 5.10 Å². The highest BCUT2D eigenvalue weighted by molar-refractivity contribution is 6.06. The van der Waals surface area contributed by atoms with Crippen LogP contribution in [0.2, 0.25) is 0 Å². The third kappa shape index (κ3) is 4.58. The third-order valence-electron chi connectivity index (χ3n) is 4.24. The predicted molar refractivity (Wildman–Crippen MR) is 109 cm³/mol. The molecule has 0 unspecified atom stereocenters. The zero-order valence-electron chi connectivity index (χ0n) is 16.7. The summed E-state index contributed by atoms with van der Waals surface area (Å²) in [4.78, 5) is 34.0. The van der Waals surface area contributed by atoms with Gasteiger partial charge in [0.2, 0.25) is 5.69 Å². The number of carbonyl (C=O) groups is 1. The lowest BCUT2D eigenvalue weighted by Gasteiger charge is -2.10. The van der Waals surface area contributed by atoms with Crippen LogP contribution in [0.15, 0.2) is 42.5 Å². The highest BCUT2D eigenvalue weighted by atomic mass is 16.6. The van der Waals surface area contributed by atoms with E-state index in [1.807, 2.05) is 0 Å². The fraction of sp³-hybridized carbons (Fsp3) is 0.158. The molecule has 0 fully saturated rings. The summed E-state index contributed by atoms with van der Waals surface area (Å²) in [5, 5.41) is 29.0. The van der Waals surface area contributed by atoms with Crippen LogP contribution in [-0.4, -0.2) is 32.6 Å². The number of hydrogen-bond acceptors (Lipinski definition) is 8. The third-order valence-corrected chi connectivity index (χ3v) is 4.24. The van der Waals surface area contributed by atoms with Crippen molar-refractivity contribution in [1.82, 2.24) is 9.78 Å². The van der Waals surface area contributed by atoms with Gasteiger partial charge in [-0.15, -0.1) is 0 Å². The van der Waals surface area contributed by atoms with Gasteiger partial charge in [-0.05, 0) is 31.2 Å². The Labute approximate surface area is 175 Å². The Morgan fingerprint density at radius 3 is 2.26 bits per heavy atom. The molecule has 12 nitrogen and oxygen atoms in total. The smallest absolute Gasteiger partial charge is 0.322 e. The van der Waals surface area contributed by atoms with E-state index in [9.17, 15) is 25.0 Å². The fourth-order valence-corrected chi connectivity index (χ4v) is 2.91. The number of hydrogen-bond donors (Lipinski definition) is 1. The number of nitrogens with zero attached hydrogens (tertiary/aromatic N) is 4. The van der Waals surface area contributed by atoms with Gasteiger partial charge in [0, 0.05) is 19.2 Å². The number of nitro groups is 2. The standard InChI is InChI=1S/C19H17N5O7/c1-11-17(24(28)29)18(22(2)21-11)19(25)20-12-8-13(23(26)27)10-16(9-12)31-15-6-4-14(30-3)5-7-15/h4-10H,1-3H3,(H,20,25). The summed E-state index contributed by atoms with van der Waals surface area (Å²) >= 11 is 0. The number of non-ortho nitro benzene ring substituents is 1. The Hall–Kier alpha value is -4.48. The van der Waals surface area contributed by atoms with Gasteiger partial charge in [-0.1, -0.05) is 0 Å². The van der Waals surface area contributed by atoms with Gasteiger partial charge in [0.05, 0.1) is 28.7 Å². The number of methoxy groups -OCH3 is 1. The van der Waals surface area contributed by atoms with Crippen LogP contribution < -0.4 is 14.8 Å². The Bertz CT molecular complexity index is 1170. The van der Waals surface area contributed by atoms with Crippen LogP contribution in [0.25, 0.3) is 0 Å². The van der Waals surface area contributed by atoms with Crippen molar-refractivity contribution in [3.63, 3.8) is 0 Å². The number of nitro benzene ring substituents is 1. The van der Waals surface area contributed by atoms with Crippen molar-refractivity contribution in [2.45, 2.75) is 6.92 Å². The van der Waals surface area contributed by atoms with E-state index in [4.69, 9.17) is 9.47 Å². The van der Waals surface area contributed by atoms with E-state index in [1.54, 1.807) is 24.3 Å². The molecule has 1 amide bonds. The average Bonchev–Trinajstić information content (AvgIpc) is 3.02. The number of carbonyl (C=O) groups excluding carboxylic acids is 1. The number of benzene rings is 2. The quantitative estimate of drug-likeness (QED) is 0.443. The second kappa shape index (κ2) is 8.49. The van der Waals surface area contributed by atoms with Gasteiger partial charge >= 0.3 is 5.69 Å². The molecule has 1 aromatic heterocycles. The zero-order valence-corrected chi connectivity index (χ0v) is 16.7. The highest BCUT2D eigenvalue weighted by Gasteiger charge is 2.29. The minimum absolute atomic E-state index is 0.0239. The van der Waals surface area contributed by atoms with E-state index in [-0.39, 0.29) is 28.5 Å². The van der Waals surface area contributed by atoms with Crippen LogP contribution in [0.1, 0.15) is 16.2 Å². The second-order valence-electron chi connectivity index (χ2n) is 6.37. The number of anilines is 1. The van der Waals surface area contributed by atoms with Gasteiger partial charge in [-0.25, -0.2) is 0 Å². The number of ether oxygens (including phenoxy) is 2. The van der Waals surface area contributed by atoms with Gasteiger partial charge in [0.25, 0.3) is 11.6 Å². The van der Waals surface area contributed by atoms with Crippen LogP contribution in [0.4, 0.5) is 17.1 Å². The molecule has 0 saturated heterocycles. The molecule has 160 valence electrons. The minimum atomic E-state index is -0.842. The second-order valence-corrected chi connectivity index (χ2v) is 6.37. The largest absolute Gasteiger partial charge is 0.497 e. The maximum atomic E-state index is 12.7. The molecule has 2 aromatic carbocycles. The van der Waals surface area contributed by atoms with E-state index >= 15 is 0 Å². The molecule has 31 heavy (non-hydrogen) atoms. The first-order valence-corrected chi connectivity index (χ1v) is 8.80. The SMILES string of the molecule is COc1ccc(Oc2cc(NC(=O)c3c([N+](=O)[O-])c(C)nn3C)cc([N+](=O)[O-])c2)cc1. The number of rotatable bonds is 7. The van der Waals surface area contributed by atoms with Crippen molar-refractivity contribution in [3.05, 3.63) is 74.1 Å². The summed E-state index contributed by atoms with van der Waals surface area (Å²) in [6.07, 6.45) is 0. The molecule has 0 aliphatic carbocycles. The van der Waals surface area contributed by atoms with Crippen LogP contribution in [0.5, 0.6) is 17.2 Å². The minimum Gasteiger partial charge on any atom is -0.497 e. The Morgan fingerprint density at radius 1 is 1.03 bits per heavy atom. The van der Waals surface area contributed by atoms with E-state index < -0.39 is 21.4 Å². The maximum absolute atomic E-state index is 12.7. The number of amides is 1. The lowest BCUT2D eigenvalue weighted by atomic mass is 10.2. The van der Waals surface area contributed by atoms with Crippen molar-refractivity contribution >= 4 is 23.0 Å². The fourth-order valence-electron chi connectivity index (χ4n) is 2.91. The molecule has 3 rings (SSSR count). The van der Waals surface area contributed by atoms with Crippen molar-refractivity contribution in [3.8, 4) is 17.2 Å². The van der Waals surface area contributed by atoms with Crippen molar-refractivity contribution in [2.75, 3.05) is 12.4 Å². The van der Waals surface area contributed by atoms with E-state index in [2.05, 4.69) is 10.4 Å². The van der Waals surface area contributed by atoms with E-state index in [1.165, 1.54) is 33.2 Å². The lowest BCUT2D eigenvalue weighted by Crippen LogP contribution is -2.17. The van der Waals surface area contributed by atoms with Crippen LogP contribution in [0.3, 0.4) is 0 Å². The average molecular weight is 427 g/mol. The number of aryl methyl sites for hydroxylation is 2. The summed E-state index contributed by atoms with van der Waals surface area (Å²) in [6, 6.07) is 10.2. The highest BCUT2D eigenvalue weighted by Crippen LogP contribution is 2.31. The van der Waals surface area contributed by atoms with Gasteiger partial charge in [0.15, 0.2) is 0 Å². The maximum Gasteiger partial charge on any atom is 0.322 e. The van der Waals surface area contributed by atoms with Crippen LogP contribution >= 0.6 is 0 Å². The predicted octanol–water partition coefficient (Wildman–Crippen LogP) is 3.60. The Balaban J connectivity index is 1.93. The van der Waals surface area contributed by atoms with E-state index in [0.717, 1.165) is 10.7 Å². The number of nitrogens with one attached hydrogen (secondary N) is 1. The molecule has 0 spiro atoms. The van der Waals surface area contributed by atoms with Crippen LogP contribution in [0, 0.1) is 27.2 Å². The topological polar surface area (TPSA) is 152 Å². The molecule has 12 heteroatoms. The normalized spacial score (nSPS) is 10.4. The molecule has 3 aromatic rings. The van der Waals surface area contributed by atoms with Gasteiger partial charge in [-0.3, -0.25) is 29.7 Å². The van der Waals surface area contributed by atoms with Crippen molar-refractivity contribution in [2.24, 2.45) is 7.05 Å². The van der Waals surface area contributed by atoms with Gasteiger partial charge < -0.3 is 14.8 Å². The van der Waals surface area contributed by atoms with Crippen molar-refractivity contribution in [1.29, 1.82) is 0 Å². The molecule has 1 N–H and O–H groups in total. The molecular formula is C19H17N5O7. The lowest BCUT2D eigenvalue weighted by molar-refractivity contribution is -0.385. The molecule has 0 aliphatic heterocycles. The Morgan fingerprint density at radius 2 is 1.68 bits per heavy atom. The summed E-state index contributed by atoms with van der Waals surface area (Å²) in [7, 11) is 2.90. The first kappa shape index (κ1) is 21.2. The van der Waals surface area contributed by atoms with E-state index in [0.29, 0.717) is 11.5 Å². The van der Waals surface area contributed by atoms with Crippen LogP contribution in [-0.2, 0) is 7.05 Å². The molecule has 0 bridgehead atoms. The molecular weight excluding hydrogens is 410 g/mol. The molecule has 0 aliphatic rings. The van der Waals surface area contributed by atoms with Crippen molar-refractivity contribution < 1.29 is 24.1 Å². The summed E-state index contributed by atoms with van der Waals surface area (Å²) in [5.74, 6) is 0.236. The number of aromatic nitrogens is 2. The summed E-state index contributed by atoms with van der Waals surface area (Å²) < 4.78 is 11.8. The molecule has 0 saturated carbocycles. The Kier molecular flexibility index (Phi) is 5.81.